The lowest BCUT2D eigenvalue weighted by Crippen LogP contribution is -1.99. The van der Waals surface area contributed by atoms with Crippen LogP contribution in [0.25, 0.3) is 10.9 Å². The maximum atomic E-state index is 10.9. The van der Waals surface area contributed by atoms with E-state index in [4.69, 9.17) is 21.4 Å². The number of H-pyrrole nitrogens is 1. The molecule has 4 nitrogen and oxygen atoms in total. The van der Waals surface area contributed by atoms with Gasteiger partial charge in [0.15, 0.2) is 11.4 Å². The summed E-state index contributed by atoms with van der Waals surface area (Å²) < 4.78 is 5.04. The minimum absolute atomic E-state index is 0.0368. The van der Waals surface area contributed by atoms with Gasteiger partial charge >= 0.3 is 5.97 Å². The van der Waals surface area contributed by atoms with Crippen LogP contribution in [0, 0.1) is 0 Å². The molecule has 0 unspecified atom stereocenters. The van der Waals surface area contributed by atoms with E-state index >= 15 is 0 Å². The quantitative estimate of drug-likeness (QED) is 0.826. The van der Waals surface area contributed by atoms with Crippen molar-refractivity contribution >= 4 is 28.5 Å². The summed E-state index contributed by atoms with van der Waals surface area (Å²) in [4.78, 5) is 13.6. The molecule has 0 fully saturated rings. The molecule has 1 aromatic heterocycles. The van der Waals surface area contributed by atoms with E-state index in [-0.39, 0.29) is 5.69 Å². The van der Waals surface area contributed by atoms with Gasteiger partial charge in [0.2, 0.25) is 0 Å². The molecule has 0 radical (unpaired) electrons. The Morgan fingerprint density at radius 2 is 2.27 bits per heavy atom. The average molecular weight is 226 g/mol. The van der Waals surface area contributed by atoms with Gasteiger partial charge in [-0.1, -0.05) is 11.6 Å². The van der Waals surface area contributed by atoms with Gasteiger partial charge in [-0.2, -0.15) is 0 Å². The Labute approximate surface area is 90.4 Å². The monoisotopic (exact) mass is 225 g/mol. The summed E-state index contributed by atoms with van der Waals surface area (Å²) >= 11 is 5.79. The van der Waals surface area contributed by atoms with E-state index in [9.17, 15) is 4.79 Å². The van der Waals surface area contributed by atoms with Gasteiger partial charge in [0.05, 0.1) is 12.6 Å². The molecule has 2 rings (SSSR count). The third-order valence-electron chi connectivity index (χ3n) is 2.13. The highest BCUT2D eigenvalue weighted by Gasteiger charge is 2.17. The Kier molecular flexibility index (Phi) is 2.28. The van der Waals surface area contributed by atoms with Crippen LogP contribution in [0.3, 0.4) is 0 Å². The summed E-state index contributed by atoms with van der Waals surface area (Å²) in [6, 6.07) is 5.07. The Hall–Kier alpha value is -1.68. The second-order valence-electron chi connectivity index (χ2n) is 3.03. The van der Waals surface area contributed by atoms with E-state index in [1.165, 1.54) is 7.11 Å². The van der Waals surface area contributed by atoms with Crippen molar-refractivity contribution in [1.82, 2.24) is 4.98 Å². The van der Waals surface area contributed by atoms with E-state index in [2.05, 4.69) is 4.98 Å². The topological polar surface area (TPSA) is 62.3 Å². The number of carbonyl (C=O) groups is 1. The molecule has 1 heterocycles. The summed E-state index contributed by atoms with van der Waals surface area (Å²) in [6.45, 7) is 0. The summed E-state index contributed by atoms with van der Waals surface area (Å²) in [7, 11) is 1.43. The van der Waals surface area contributed by atoms with Crippen LogP contribution in [-0.2, 0) is 0 Å². The van der Waals surface area contributed by atoms with Gasteiger partial charge in [0.1, 0.15) is 0 Å². The molecular weight excluding hydrogens is 218 g/mol. The first-order valence-electron chi connectivity index (χ1n) is 4.22. The molecule has 0 atom stereocenters. The van der Waals surface area contributed by atoms with Crippen LogP contribution >= 0.6 is 11.6 Å². The number of hydrogen-bond acceptors (Lipinski definition) is 2. The molecule has 0 amide bonds. The minimum atomic E-state index is -1.06. The second kappa shape index (κ2) is 3.47. The second-order valence-corrected chi connectivity index (χ2v) is 3.46. The molecular formula is C10H8ClNO3. The van der Waals surface area contributed by atoms with Gasteiger partial charge < -0.3 is 14.8 Å². The molecule has 0 aliphatic carbocycles. The lowest BCUT2D eigenvalue weighted by molar-refractivity contribution is 0.0688. The third-order valence-corrected chi connectivity index (χ3v) is 2.37. The van der Waals surface area contributed by atoms with Gasteiger partial charge in [-0.15, -0.1) is 0 Å². The minimum Gasteiger partial charge on any atom is -0.494 e. The number of carboxylic acid groups (broad SMARTS) is 1. The number of hydrogen-bond donors (Lipinski definition) is 2. The number of nitrogens with one attached hydrogen (secondary N) is 1. The van der Waals surface area contributed by atoms with Gasteiger partial charge in [-0.25, -0.2) is 4.79 Å². The predicted molar refractivity (Wildman–Crippen MR) is 56.8 cm³/mol. The molecule has 0 aliphatic rings. The number of ether oxygens (including phenoxy) is 1. The Morgan fingerprint density at radius 1 is 1.53 bits per heavy atom. The lowest BCUT2D eigenvalue weighted by atomic mass is 10.2. The fourth-order valence-electron chi connectivity index (χ4n) is 1.51. The first kappa shape index (κ1) is 9.86. The van der Waals surface area contributed by atoms with Crippen LogP contribution in [0.5, 0.6) is 5.75 Å². The number of carboxylic acids is 1. The van der Waals surface area contributed by atoms with Crippen molar-refractivity contribution in [3.63, 3.8) is 0 Å². The molecule has 15 heavy (non-hydrogen) atoms. The van der Waals surface area contributed by atoms with Crippen molar-refractivity contribution in [2.24, 2.45) is 0 Å². The number of aromatic carboxylic acids is 1. The highest BCUT2D eigenvalue weighted by atomic mass is 35.5. The summed E-state index contributed by atoms with van der Waals surface area (Å²) in [5, 5.41) is 10.2. The summed E-state index contributed by atoms with van der Waals surface area (Å²) in [6.07, 6.45) is 0. The first-order valence-corrected chi connectivity index (χ1v) is 4.60. The van der Waals surface area contributed by atoms with Crippen LogP contribution in [0.15, 0.2) is 18.2 Å². The highest BCUT2D eigenvalue weighted by molar-refractivity contribution is 6.31. The van der Waals surface area contributed by atoms with E-state index in [0.717, 1.165) is 0 Å². The maximum absolute atomic E-state index is 10.9. The van der Waals surface area contributed by atoms with Crippen molar-refractivity contribution in [3.8, 4) is 5.75 Å². The first-order chi connectivity index (χ1) is 7.13. The standard InChI is InChI=1S/C10H8ClNO3/c1-15-9-6-3-2-5(11)4-7(6)12-8(9)10(13)14/h2-4,12H,1H3,(H,13,14). The number of methoxy groups -OCH3 is 1. The molecule has 78 valence electrons. The predicted octanol–water partition coefficient (Wildman–Crippen LogP) is 2.53. The van der Waals surface area contributed by atoms with Gasteiger partial charge in [0, 0.05) is 10.4 Å². The zero-order valence-electron chi connectivity index (χ0n) is 7.87. The van der Waals surface area contributed by atoms with Crippen LogP contribution < -0.4 is 4.74 Å². The smallest absolute Gasteiger partial charge is 0.356 e. The van der Waals surface area contributed by atoms with Gasteiger partial charge in [-0.05, 0) is 18.2 Å². The van der Waals surface area contributed by atoms with Crippen molar-refractivity contribution in [2.45, 2.75) is 0 Å². The molecule has 0 aliphatic heterocycles. The molecule has 5 heteroatoms. The number of rotatable bonds is 2. The third kappa shape index (κ3) is 1.53. The number of benzene rings is 1. The van der Waals surface area contributed by atoms with Gasteiger partial charge in [0.25, 0.3) is 0 Å². The van der Waals surface area contributed by atoms with E-state index in [0.29, 0.717) is 21.7 Å². The van der Waals surface area contributed by atoms with E-state index < -0.39 is 5.97 Å². The molecule has 0 saturated carbocycles. The Bertz CT molecular complexity index is 533. The molecule has 0 spiro atoms. The normalized spacial score (nSPS) is 10.5. The molecule has 1 aromatic carbocycles. The number of halogens is 1. The summed E-state index contributed by atoms with van der Waals surface area (Å²) in [5.41, 5.74) is 0.687. The SMILES string of the molecule is COc1c(C(=O)O)[nH]c2cc(Cl)ccc12. The van der Waals surface area contributed by atoms with Crippen molar-refractivity contribution < 1.29 is 14.6 Å². The Morgan fingerprint density at radius 3 is 2.87 bits per heavy atom. The number of aromatic nitrogens is 1. The fraction of sp³-hybridized carbons (Fsp3) is 0.100. The molecule has 0 saturated heterocycles. The van der Waals surface area contributed by atoms with Crippen LogP contribution in [-0.4, -0.2) is 23.2 Å². The zero-order valence-corrected chi connectivity index (χ0v) is 8.63. The number of aromatic amines is 1. The maximum Gasteiger partial charge on any atom is 0.356 e. The largest absolute Gasteiger partial charge is 0.494 e. The van der Waals surface area contributed by atoms with Crippen LogP contribution in [0.2, 0.25) is 5.02 Å². The molecule has 0 bridgehead atoms. The molecule has 2 N–H and O–H groups in total. The van der Waals surface area contributed by atoms with Crippen molar-refractivity contribution in [1.29, 1.82) is 0 Å². The Balaban J connectivity index is 2.78. The molecule has 2 aromatic rings. The highest BCUT2D eigenvalue weighted by Crippen LogP contribution is 2.31. The average Bonchev–Trinajstić information content (AvgIpc) is 2.55. The number of fused-ring (bicyclic) bond motifs is 1. The van der Waals surface area contributed by atoms with Crippen LogP contribution in [0.4, 0.5) is 0 Å². The lowest BCUT2D eigenvalue weighted by Gasteiger charge is -1.98. The fourth-order valence-corrected chi connectivity index (χ4v) is 1.68. The zero-order chi connectivity index (χ0) is 11.0. The van der Waals surface area contributed by atoms with Crippen molar-refractivity contribution in [3.05, 3.63) is 28.9 Å². The van der Waals surface area contributed by atoms with Gasteiger partial charge in [-0.3, -0.25) is 0 Å². The van der Waals surface area contributed by atoms with E-state index in [1.807, 2.05) is 0 Å². The summed E-state index contributed by atoms with van der Waals surface area (Å²) in [5.74, 6) is -0.728. The van der Waals surface area contributed by atoms with Crippen LogP contribution in [0.1, 0.15) is 10.5 Å². The van der Waals surface area contributed by atoms with E-state index in [1.54, 1.807) is 18.2 Å². The van der Waals surface area contributed by atoms with Crippen molar-refractivity contribution in [2.75, 3.05) is 7.11 Å².